The van der Waals surface area contributed by atoms with E-state index in [1.807, 2.05) is 30.3 Å². The van der Waals surface area contributed by atoms with Crippen LogP contribution < -0.4 is 16.0 Å². The molecule has 3 N–H and O–H groups in total. The average Bonchev–Trinajstić information content (AvgIpc) is 2.71. The quantitative estimate of drug-likeness (QED) is 0.838. The maximum absolute atomic E-state index is 12.2. The highest BCUT2D eigenvalue weighted by atomic mass is 16.2. The van der Waals surface area contributed by atoms with Crippen LogP contribution in [0.1, 0.15) is 20.3 Å². The van der Waals surface area contributed by atoms with Gasteiger partial charge in [-0.05, 0) is 32.4 Å². The Bertz CT molecular complexity index is 479. The van der Waals surface area contributed by atoms with E-state index in [2.05, 4.69) is 5.32 Å². The van der Waals surface area contributed by atoms with Crippen LogP contribution in [0.3, 0.4) is 0 Å². The summed E-state index contributed by atoms with van der Waals surface area (Å²) in [5, 5.41) is 2.71. The second kappa shape index (κ2) is 5.01. The number of amides is 2. The molecule has 1 atom stereocenters. The molecule has 19 heavy (non-hydrogen) atoms. The predicted molar refractivity (Wildman–Crippen MR) is 73.6 cm³/mol. The van der Waals surface area contributed by atoms with Crippen LogP contribution >= 0.6 is 0 Å². The Hall–Kier alpha value is -1.88. The lowest BCUT2D eigenvalue weighted by atomic mass is 10.1. The molecule has 1 aromatic carbocycles. The number of rotatable bonds is 3. The van der Waals surface area contributed by atoms with Gasteiger partial charge >= 0.3 is 0 Å². The summed E-state index contributed by atoms with van der Waals surface area (Å²) in [5.41, 5.74) is 5.60. The molecule has 1 unspecified atom stereocenters. The topological polar surface area (TPSA) is 75.4 Å². The van der Waals surface area contributed by atoms with Crippen molar-refractivity contribution in [3.05, 3.63) is 30.3 Å². The third-order valence-electron chi connectivity index (χ3n) is 3.16. The van der Waals surface area contributed by atoms with Crippen molar-refractivity contribution in [1.82, 2.24) is 5.32 Å². The summed E-state index contributed by atoms with van der Waals surface area (Å²) in [6, 6.07) is 8.97. The van der Waals surface area contributed by atoms with E-state index in [0.717, 1.165) is 5.69 Å². The van der Waals surface area contributed by atoms with Crippen LogP contribution in [0, 0.1) is 0 Å². The minimum Gasteiger partial charge on any atom is -0.343 e. The van der Waals surface area contributed by atoms with E-state index in [-0.39, 0.29) is 11.8 Å². The molecule has 102 valence electrons. The van der Waals surface area contributed by atoms with Crippen LogP contribution in [-0.2, 0) is 9.59 Å². The van der Waals surface area contributed by atoms with Gasteiger partial charge in [-0.25, -0.2) is 0 Å². The van der Waals surface area contributed by atoms with E-state index in [1.165, 1.54) is 0 Å². The van der Waals surface area contributed by atoms with Crippen molar-refractivity contribution >= 4 is 17.5 Å². The number of carbonyl (C=O) groups is 2. The van der Waals surface area contributed by atoms with Crippen LogP contribution in [0.15, 0.2) is 30.3 Å². The van der Waals surface area contributed by atoms with Gasteiger partial charge in [0.05, 0.1) is 5.54 Å². The number of anilines is 1. The van der Waals surface area contributed by atoms with Crippen molar-refractivity contribution in [1.29, 1.82) is 0 Å². The Morgan fingerprint density at radius 1 is 1.37 bits per heavy atom. The van der Waals surface area contributed by atoms with Gasteiger partial charge in [-0.1, -0.05) is 18.2 Å². The molecule has 5 nitrogen and oxygen atoms in total. The van der Waals surface area contributed by atoms with Gasteiger partial charge in [-0.15, -0.1) is 0 Å². The monoisotopic (exact) mass is 261 g/mol. The van der Waals surface area contributed by atoms with Crippen LogP contribution in [0.25, 0.3) is 0 Å². The van der Waals surface area contributed by atoms with Gasteiger partial charge in [-0.2, -0.15) is 0 Å². The first kappa shape index (κ1) is 13.5. The Balaban J connectivity index is 2.05. The molecular weight excluding hydrogens is 242 g/mol. The van der Waals surface area contributed by atoms with Gasteiger partial charge in [0.15, 0.2) is 0 Å². The summed E-state index contributed by atoms with van der Waals surface area (Å²) >= 11 is 0. The van der Waals surface area contributed by atoms with Crippen LogP contribution in [-0.4, -0.2) is 29.9 Å². The lowest BCUT2D eigenvalue weighted by Gasteiger charge is -2.21. The molecule has 0 aliphatic carbocycles. The normalized spacial score (nSPS) is 19.6. The first-order valence-electron chi connectivity index (χ1n) is 6.36. The number of nitrogens with two attached hydrogens (primary N) is 1. The molecule has 1 fully saturated rings. The summed E-state index contributed by atoms with van der Waals surface area (Å²) in [7, 11) is 0. The maximum atomic E-state index is 12.2. The molecule has 1 saturated heterocycles. The predicted octanol–water partition coefficient (Wildman–Crippen LogP) is 0.645. The highest BCUT2D eigenvalue weighted by Gasteiger charge is 2.35. The smallest absolute Gasteiger partial charge is 0.249 e. The summed E-state index contributed by atoms with van der Waals surface area (Å²) in [5.74, 6) is -0.385. The zero-order chi connectivity index (χ0) is 14.0. The standard InChI is InChI=1S/C14H19N3O2/c1-14(2,15)13(19)16-11-8-9-17(12(11)18)10-6-4-3-5-7-10/h3-7,11H,8-9,15H2,1-2H3,(H,16,19). The number of benzene rings is 1. The van der Waals surface area contributed by atoms with E-state index in [0.29, 0.717) is 13.0 Å². The van der Waals surface area contributed by atoms with Gasteiger partial charge in [0.25, 0.3) is 0 Å². The van der Waals surface area contributed by atoms with Gasteiger partial charge in [-0.3, -0.25) is 9.59 Å². The third kappa shape index (κ3) is 2.93. The molecule has 0 radical (unpaired) electrons. The number of hydrogen-bond acceptors (Lipinski definition) is 3. The lowest BCUT2D eigenvalue weighted by molar-refractivity contribution is -0.129. The fourth-order valence-electron chi connectivity index (χ4n) is 2.02. The van der Waals surface area contributed by atoms with Gasteiger partial charge in [0, 0.05) is 12.2 Å². The molecule has 0 saturated carbocycles. The van der Waals surface area contributed by atoms with E-state index < -0.39 is 11.6 Å². The second-order valence-electron chi connectivity index (χ2n) is 5.36. The zero-order valence-corrected chi connectivity index (χ0v) is 11.2. The minimum absolute atomic E-state index is 0.0798. The van der Waals surface area contributed by atoms with Crippen molar-refractivity contribution in [2.75, 3.05) is 11.4 Å². The number of nitrogens with zero attached hydrogens (tertiary/aromatic N) is 1. The summed E-state index contributed by atoms with van der Waals surface area (Å²) in [4.78, 5) is 25.7. The average molecular weight is 261 g/mol. The second-order valence-corrected chi connectivity index (χ2v) is 5.36. The first-order chi connectivity index (χ1) is 8.89. The lowest BCUT2D eigenvalue weighted by Crippen LogP contribution is -2.53. The van der Waals surface area contributed by atoms with Crippen molar-refractivity contribution in [3.8, 4) is 0 Å². The summed E-state index contributed by atoms with van der Waals surface area (Å²) in [6.07, 6.45) is 0.607. The Morgan fingerprint density at radius 3 is 2.58 bits per heavy atom. The van der Waals surface area contributed by atoms with Crippen LogP contribution in [0.5, 0.6) is 0 Å². The molecule has 0 bridgehead atoms. The molecular formula is C14H19N3O2. The highest BCUT2D eigenvalue weighted by molar-refractivity contribution is 6.02. The van der Waals surface area contributed by atoms with E-state index >= 15 is 0 Å². The molecule has 1 aliphatic rings. The summed E-state index contributed by atoms with van der Waals surface area (Å²) in [6.45, 7) is 3.85. The number of nitrogens with one attached hydrogen (secondary N) is 1. The Labute approximate surface area is 112 Å². The molecule has 1 aromatic rings. The zero-order valence-electron chi connectivity index (χ0n) is 11.2. The molecule has 2 amide bonds. The largest absolute Gasteiger partial charge is 0.343 e. The SMILES string of the molecule is CC(C)(N)C(=O)NC1CCN(c2ccccc2)C1=O. The molecule has 1 heterocycles. The van der Waals surface area contributed by atoms with Crippen LogP contribution in [0.4, 0.5) is 5.69 Å². The molecule has 0 aromatic heterocycles. The first-order valence-corrected chi connectivity index (χ1v) is 6.36. The van der Waals surface area contributed by atoms with E-state index in [1.54, 1.807) is 18.7 Å². The number of para-hydroxylation sites is 1. The molecule has 2 rings (SSSR count). The van der Waals surface area contributed by atoms with Crippen molar-refractivity contribution < 1.29 is 9.59 Å². The van der Waals surface area contributed by atoms with Crippen molar-refractivity contribution in [2.45, 2.75) is 31.8 Å². The van der Waals surface area contributed by atoms with E-state index in [9.17, 15) is 9.59 Å². The number of carbonyl (C=O) groups excluding carboxylic acids is 2. The molecule has 1 aliphatic heterocycles. The molecule has 5 heteroatoms. The Morgan fingerprint density at radius 2 is 2.00 bits per heavy atom. The minimum atomic E-state index is -0.972. The van der Waals surface area contributed by atoms with Gasteiger partial charge < -0.3 is 16.0 Å². The summed E-state index contributed by atoms with van der Waals surface area (Å²) < 4.78 is 0. The van der Waals surface area contributed by atoms with E-state index in [4.69, 9.17) is 5.73 Å². The Kier molecular flexibility index (Phi) is 3.57. The van der Waals surface area contributed by atoms with Crippen molar-refractivity contribution in [3.63, 3.8) is 0 Å². The van der Waals surface area contributed by atoms with Gasteiger partial charge in [0.2, 0.25) is 11.8 Å². The maximum Gasteiger partial charge on any atom is 0.249 e. The fourth-order valence-corrected chi connectivity index (χ4v) is 2.02. The highest BCUT2D eigenvalue weighted by Crippen LogP contribution is 2.21. The molecule has 0 spiro atoms. The van der Waals surface area contributed by atoms with Gasteiger partial charge in [0.1, 0.15) is 6.04 Å². The number of hydrogen-bond donors (Lipinski definition) is 2. The van der Waals surface area contributed by atoms with Crippen molar-refractivity contribution in [2.24, 2.45) is 5.73 Å². The fraction of sp³-hybridized carbons (Fsp3) is 0.429. The third-order valence-corrected chi connectivity index (χ3v) is 3.16. The van der Waals surface area contributed by atoms with Crippen LogP contribution in [0.2, 0.25) is 0 Å².